The summed E-state index contributed by atoms with van der Waals surface area (Å²) < 4.78 is 4.66. The van der Waals surface area contributed by atoms with Gasteiger partial charge >= 0.3 is 29.6 Å². The minimum Gasteiger partial charge on any atom is -0.514 e. The normalized spacial score (nSPS) is 9.85. The van der Waals surface area contributed by atoms with Crippen molar-refractivity contribution in [2.45, 2.75) is 58.3 Å². The van der Waals surface area contributed by atoms with Gasteiger partial charge in [0, 0.05) is 0 Å². The van der Waals surface area contributed by atoms with E-state index in [1.54, 1.807) is 12.1 Å². The monoisotopic (exact) mass is 286 g/mol. The van der Waals surface area contributed by atoms with Crippen LogP contribution in [0.2, 0.25) is 0 Å². The maximum absolute atomic E-state index is 10.5. The molecule has 1 aromatic carbocycles. The minimum atomic E-state index is -1.49. The topological polar surface area (TPSA) is 49.4 Å². The fourth-order valence-electron chi connectivity index (χ4n) is 2.17. The van der Waals surface area contributed by atoms with Crippen molar-refractivity contribution in [1.82, 2.24) is 0 Å². The van der Waals surface area contributed by atoms with E-state index in [9.17, 15) is 9.90 Å². The maximum Gasteiger partial charge on any atom is 1.00 e. The zero-order valence-corrected chi connectivity index (χ0v) is 14.7. The number of ether oxygens (including phenoxy) is 1. The van der Waals surface area contributed by atoms with Crippen molar-refractivity contribution in [3.8, 4) is 5.75 Å². The Morgan fingerprint density at radius 2 is 1.65 bits per heavy atom. The molecule has 0 saturated carbocycles. The Labute approximate surface area is 144 Å². The average molecular weight is 286 g/mol. The summed E-state index contributed by atoms with van der Waals surface area (Å²) in [4.78, 5) is 10.5. The number of unbranched alkanes of at least 4 members (excludes halogenated alkanes) is 6. The number of aryl methyl sites for hydroxylation is 1. The molecule has 1 aromatic rings. The molecular formula is C16H23NaO3. The van der Waals surface area contributed by atoms with E-state index in [1.807, 2.05) is 12.1 Å². The van der Waals surface area contributed by atoms with Gasteiger partial charge in [0.05, 0.1) is 5.75 Å². The van der Waals surface area contributed by atoms with E-state index >= 15 is 0 Å². The van der Waals surface area contributed by atoms with E-state index in [2.05, 4.69) is 11.7 Å². The first-order valence-electron chi connectivity index (χ1n) is 7.20. The van der Waals surface area contributed by atoms with Gasteiger partial charge in [-0.15, -0.1) is 0 Å². The Kier molecular flexibility index (Phi) is 11.9. The molecule has 0 saturated heterocycles. The molecule has 3 nitrogen and oxygen atoms in total. The minimum absolute atomic E-state index is 0. The van der Waals surface area contributed by atoms with Crippen LogP contribution in [0, 0.1) is 0 Å². The summed E-state index contributed by atoms with van der Waals surface area (Å²) in [5.74, 6) is 0.411. The summed E-state index contributed by atoms with van der Waals surface area (Å²) in [6.07, 6.45) is 8.08. The number of hydrogen-bond acceptors (Lipinski definition) is 3. The predicted octanol–water partition coefficient (Wildman–Crippen LogP) is 0.706. The average Bonchev–Trinajstić information content (AvgIpc) is 2.39. The molecule has 0 radical (unpaired) electrons. The number of benzene rings is 1. The first-order valence-corrected chi connectivity index (χ1v) is 7.20. The van der Waals surface area contributed by atoms with Crippen molar-refractivity contribution in [3.63, 3.8) is 0 Å². The number of carbonyl (C=O) groups excluding carboxylic acids is 1. The maximum atomic E-state index is 10.5. The van der Waals surface area contributed by atoms with Gasteiger partial charge in [0.25, 0.3) is 6.16 Å². The van der Waals surface area contributed by atoms with Crippen LogP contribution in [0.4, 0.5) is 4.79 Å². The predicted molar refractivity (Wildman–Crippen MR) is 74.2 cm³/mol. The summed E-state index contributed by atoms with van der Waals surface area (Å²) in [5, 5.41) is 10.5. The molecule has 0 aromatic heterocycles. The van der Waals surface area contributed by atoms with Gasteiger partial charge in [-0.3, -0.25) is 0 Å². The van der Waals surface area contributed by atoms with Gasteiger partial charge in [0.2, 0.25) is 0 Å². The molecule has 106 valence electrons. The van der Waals surface area contributed by atoms with Gasteiger partial charge in [0.15, 0.2) is 0 Å². The Hall–Kier alpha value is -0.510. The molecule has 0 fully saturated rings. The Balaban J connectivity index is 0.00000361. The molecule has 20 heavy (non-hydrogen) atoms. The molecule has 0 aliphatic heterocycles. The van der Waals surface area contributed by atoms with Crippen molar-refractivity contribution in [1.29, 1.82) is 0 Å². The summed E-state index contributed by atoms with van der Waals surface area (Å²) in [7, 11) is 0. The number of carbonyl (C=O) groups is 1. The van der Waals surface area contributed by atoms with Crippen LogP contribution in [0.15, 0.2) is 24.3 Å². The number of hydrogen-bond donors (Lipinski definition) is 0. The SMILES string of the molecule is CCCCCCCCCc1ccccc1OC(=O)[O-].[Na+]. The molecule has 0 aliphatic rings. The molecule has 0 N–H and O–H groups in total. The van der Waals surface area contributed by atoms with Crippen LogP contribution in [0.1, 0.15) is 57.4 Å². The Morgan fingerprint density at radius 3 is 2.30 bits per heavy atom. The third-order valence-corrected chi connectivity index (χ3v) is 3.22. The van der Waals surface area contributed by atoms with E-state index in [0.29, 0.717) is 5.75 Å². The molecule has 0 atom stereocenters. The number of para-hydroxylation sites is 1. The molecule has 1 rings (SSSR count). The van der Waals surface area contributed by atoms with Gasteiger partial charge in [0.1, 0.15) is 0 Å². The fourth-order valence-corrected chi connectivity index (χ4v) is 2.17. The quantitative estimate of drug-likeness (QED) is 0.291. The smallest absolute Gasteiger partial charge is 0.514 e. The Morgan fingerprint density at radius 1 is 1.05 bits per heavy atom. The first-order chi connectivity index (χ1) is 9.24. The molecule has 4 heteroatoms. The molecule has 0 bridgehead atoms. The summed E-state index contributed by atoms with van der Waals surface area (Å²) in [6, 6.07) is 7.26. The van der Waals surface area contributed by atoms with Crippen molar-refractivity contribution in [3.05, 3.63) is 29.8 Å². The summed E-state index contributed by atoms with van der Waals surface area (Å²) in [6.45, 7) is 2.22. The molecule has 0 aliphatic carbocycles. The van der Waals surface area contributed by atoms with E-state index in [0.717, 1.165) is 18.4 Å². The van der Waals surface area contributed by atoms with Gasteiger partial charge < -0.3 is 14.6 Å². The molecule has 0 heterocycles. The van der Waals surface area contributed by atoms with E-state index < -0.39 is 6.16 Å². The van der Waals surface area contributed by atoms with Gasteiger partial charge in [-0.2, -0.15) is 0 Å². The largest absolute Gasteiger partial charge is 1.00 e. The van der Waals surface area contributed by atoms with Crippen LogP contribution in [-0.4, -0.2) is 6.16 Å². The van der Waals surface area contributed by atoms with E-state index in [4.69, 9.17) is 0 Å². The molecule has 0 spiro atoms. The van der Waals surface area contributed by atoms with Crippen LogP contribution in [0.25, 0.3) is 0 Å². The summed E-state index contributed by atoms with van der Waals surface area (Å²) in [5.41, 5.74) is 0.945. The van der Waals surface area contributed by atoms with Gasteiger partial charge in [-0.05, 0) is 24.5 Å². The summed E-state index contributed by atoms with van der Waals surface area (Å²) >= 11 is 0. The Bertz CT molecular complexity index is 380. The van der Waals surface area contributed by atoms with Crippen LogP contribution in [0.5, 0.6) is 5.75 Å². The molecule has 0 amide bonds. The number of carboxylic acid groups (broad SMARTS) is 1. The third kappa shape index (κ3) is 8.62. The molecule has 0 unspecified atom stereocenters. The number of rotatable bonds is 9. The second kappa shape index (κ2) is 12.2. The van der Waals surface area contributed by atoms with Crippen LogP contribution in [0.3, 0.4) is 0 Å². The third-order valence-electron chi connectivity index (χ3n) is 3.22. The van der Waals surface area contributed by atoms with E-state index in [-0.39, 0.29) is 29.6 Å². The van der Waals surface area contributed by atoms with Gasteiger partial charge in [-0.25, -0.2) is 0 Å². The van der Waals surface area contributed by atoms with E-state index in [1.165, 1.54) is 38.5 Å². The van der Waals surface area contributed by atoms with Crippen LogP contribution >= 0.6 is 0 Å². The molecular weight excluding hydrogens is 263 g/mol. The zero-order chi connectivity index (χ0) is 13.9. The fraction of sp³-hybridized carbons (Fsp3) is 0.562. The van der Waals surface area contributed by atoms with Crippen LogP contribution in [-0.2, 0) is 6.42 Å². The van der Waals surface area contributed by atoms with Crippen molar-refractivity contribution in [2.24, 2.45) is 0 Å². The van der Waals surface area contributed by atoms with Crippen molar-refractivity contribution in [2.75, 3.05) is 0 Å². The first kappa shape index (κ1) is 19.5. The van der Waals surface area contributed by atoms with Crippen LogP contribution < -0.4 is 39.4 Å². The second-order valence-corrected chi connectivity index (χ2v) is 4.83. The second-order valence-electron chi connectivity index (χ2n) is 4.83. The van der Waals surface area contributed by atoms with Crippen molar-refractivity contribution >= 4 is 6.16 Å². The van der Waals surface area contributed by atoms with Gasteiger partial charge in [-0.1, -0.05) is 63.6 Å². The van der Waals surface area contributed by atoms with Crippen molar-refractivity contribution < 1.29 is 44.2 Å². The zero-order valence-electron chi connectivity index (χ0n) is 12.7. The standard InChI is InChI=1S/C16H24O3.Na/c1-2-3-4-5-6-7-8-11-14-12-9-10-13-15(14)19-16(17)18;/h9-10,12-13H,2-8,11H2,1H3,(H,17,18);/q;+1/p-1.